The summed E-state index contributed by atoms with van der Waals surface area (Å²) >= 11 is 2.90. The minimum Gasteiger partial charge on any atom is -0.492 e. The van der Waals surface area contributed by atoms with Crippen LogP contribution in [0.15, 0.2) is 47.4 Å². The van der Waals surface area contributed by atoms with Gasteiger partial charge in [-0.1, -0.05) is 17.4 Å². The van der Waals surface area contributed by atoms with Gasteiger partial charge >= 0.3 is 0 Å². The molecule has 0 N–H and O–H groups in total. The van der Waals surface area contributed by atoms with Crippen LogP contribution >= 0.6 is 35.5 Å². The first-order valence-corrected chi connectivity index (χ1v) is 11.6. The van der Waals surface area contributed by atoms with Crippen LogP contribution in [0.5, 0.6) is 5.75 Å². The molecule has 3 rings (SSSR count). The van der Waals surface area contributed by atoms with E-state index < -0.39 is 0 Å². The Kier molecular flexibility index (Phi) is 10.0. The Morgan fingerprint density at radius 3 is 2.58 bits per heavy atom. The van der Waals surface area contributed by atoms with Crippen molar-refractivity contribution in [3.63, 3.8) is 0 Å². The van der Waals surface area contributed by atoms with Gasteiger partial charge in [-0.3, -0.25) is 9.69 Å². The van der Waals surface area contributed by atoms with Gasteiger partial charge in [-0.2, -0.15) is 0 Å². The monoisotopic (exact) mass is 483 g/mol. The Morgan fingerprint density at radius 2 is 1.90 bits per heavy atom. The number of carbonyl (C=O) groups is 1. The van der Waals surface area contributed by atoms with Gasteiger partial charge < -0.3 is 9.64 Å². The van der Waals surface area contributed by atoms with Crippen molar-refractivity contribution in [3.8, 4) is 5.75 Å². The van der Waals surface area contributed by atoms with Crippen molar-refractivity contribution >= 4 is 56.8 Å². The smallest absolute Gasteiger partial charge is 0.239 e. The second-order valence-electron chi connectivity index (χ2n) is 6.98. The highest BCUT2D eigenvalue weighted by atomic mass is 35.5. The van der Waals surface area contributed by atoms with Gasteiger partial charge in [0.05, 0.1) is 17.1 Å². The number of thiazole rings is 1. The lowest BCUT2D eigenvalue weighted by Gasteiger charge is -2.21. The number of hydrogen-bond acceptors (Lipinski definition) is 6. The van der Waals surface area contributed by atoms with Gasteiger partial charge in [0.15, 0.2) is 5.13 Å². The van der Waals surface area contributed by atoms with E-state index in [-0.39, 0.29) is 29.9 Å². The first-order chi connectivity index (χ1) is 14.5. The van der Waals surface area contributed by atoms with Crippen molar-refractivity contribution in [2.45, 2.75) is 18.2 Å². The molecule has 168 valence electrons. The van der Waals surface area contributed by atoms with Crippen molar-refractivity contribution in [2.24, 2.45) is 0 Å². The molecule has 0 saturated carbocycles. The van der Waals surface area contributed by atoms with Crippen LogP contribution in [-0.4, -0.2) is 55.3 Å². The number of benzene rings is 2. The molecule has 2 aromatic carbocycles. The Morgan fingerprint density at radius 1 is 1.16 bits per heavy atom. The van der Waals surface area contributed by atoms with E-state index in [1.54, 1.807) is 17.0 Å². The van der Waals surface area contributed by atoms with Gasteiger partial charge in [-0.15, -0.1) is 24.2 Å². The lowest BCUT2D eigenvalue weighted by atomic mass is 10.3. The summed E-state index contributed by atoms with van der Waals surface area (Å²) in [5.41, 5.74) is 0.788. The van der Waals surface area contributed by atoms with Crippen molar-refractivity contribution in [3.05, 3.63) is 48.3 Å². The molecule has 1 heterocycles. The third-order valence-corrected chi connectivity index (χ3v) is 6.41. The largest absolute Gasteiger partial charge is 0.492 e. The van der Waals surface area contributed by atoms with Crippen LogP contribution in [0.1, 0.15) is 13.3 Å². The predicted molar refractivity (Wildman–Crippen MR) is 131 cm³/mol. The minimum absolute atomic E-state index is 0. The molecule has 3 aromatic rings. The molecule has 0 fully saturated rings. The van der Waals surface area contributed by atoms with E-state index >= 15 is 0 Å². The molecule has 31 heavy (non-hydrogen) atoms. The fourth-order valence-electron chi connectivity index (χ4n) is 2.92. The first-order valence-electron chi connectivity index (χ1n) is 9.83. The first kappa shape index (κ1) is 25.4. The maximum Gasteiger partial charge on any atom is 0.239 e. The molecule has 0 bridgehead atoms. The number of amides is 1. The zero-order valence-corrected chi connectivity index (χ0v) is 20.3. The number of halogens is 2. The summed E-state index contributed by atoms with van der Waals surface area (Å²) in [6.45, 7) is 3.97. The average Bonchev–Trinajstić information content (AvgIpc) is 3.15. The molecule has 0 aliphatic carbocycles. The number of carbonyl (C=O) groups excluding carboxylic acids is 1. The Balaban J connectivity index is 0.00000341. The van der Waals surface area contributed by atoms with Crippen LogP contribution in [0.25, 0.3) is 10.2 Å². The summed E-state index contributed by atoms with van der Waals surface area (Å²) < 4.78 is 19.8. The van der Waals surface area contributed by atoms with Gasteiger partial charge in [0.25, 0.3) is 0 Å². The number of aromatic nitrogens is 1. The van der Waals surface area contributed by atoms with Crippen LogP contribution in [0.2, 0.25) is 0 Å². The van der Waals surface area contributed by atoms with Crippen LogP contribution in [0.3, 0.4) is 0 Å². The summed E-state index contributed by atoms with van der Waals surface area (Å²) in [7, 11) is 4.03. The van der Waals surface area contributed by atoms with Crippen LogP contribution in [-0.2, 0) is 4.79 Å². The highest BCUT2D eigenvalue weighted by molar-refractivity contribution is 8.00. The number of hydrogen-bond donors (Lipinski definition) is 0. The number of ether oxygens (including phenoxy) is 1. The van der Waals surface area contributed by atoms with E-state index in [4.69, 9.17) is 9.72 Å². The molecule has 0 aliphatic heterocycles. The van der Waals surface area contributed by atoms with Gasteiger partial charge in [0.2, 0.25) is 5.91 Å². The van der Waals surface area contributed by atoms with E-state index in [1.807, 2.05) is 39.2 Å². The van der Waals surface area contributed by atoms with Gasteiger partial charge in [-0.05, 0) is 70.4 Å². The maximum atomic E-state index is 13.1. The number of para-hydroxylation sites is 1. The summed E-state index contributed by atoms with van der Waals surface area (Å²) in [6, 6.07) is 12.0. The normalized spacial score (nSPS) is 10.9. The average molecular weight is 484 g/mol. The fourth-order valence-corrected chi connectivity index (χ4v) is 4.73. The number of thioether (sulfide) groups is 1. The fraction of sp³-hybridized carbons (Fsp3) is 0.364. The number of fused-ring (bicyclic) bond motifs is 1. The standard InChI is InChI=1S/C22H26FN3O2S2.ClH/c1-4-28-18-7-5-8-19-21(18)24-22(30-19)26(14-6-13-25(2)3)20(27)15-29-17-11-9-16(23)10-12-17;/h5,7-12H,4,6,13-15H2,1-3H3;1H. The summed E-state index contributed by atoms with van der Waals surface area (Å²) in [4.78, 5) is 22.6. The Bertz CT molecular complexity index is 983. The van der Waals surface area contributed by atoms with E-state index in [0.717, 1.165) is 33.8 Å². The Labute approximate surface area is 197 Å². The summed E-state index contributed by atoms with van der Waals surface area (Å²) in [6.07, 6.45) is 0.841. The van der Waals surface area contributed by atoms with E-state index in [2.05, 4.69) is 4.90 Å². The predicted octanol–water partition coefficient (Wildman–Crippen LogP) is 5.33. The molecule has 1 amide bonds. The molecule has 1 aromatic heterocycles. The lowest BCUT2D eigenvalue weighted by Crippen LogP contribution is -2.34. The second-order valence-corrected chi connectivity index (χ2v) is 9.03. The van der Waals surface area contributed by atoms with Crippen molar-refractivity contribution < 1.29 is 13.9 Å². The van der Waals surface area contributed by atoms with Gasteiger partial charge in [0, 0.05) is 11.4 Å². The molecular formula is C22H27ClFN3O2S2. The highest BCUT2D eigenvalue weighted by Crippen LogP contribution is 2.34. The summed E-state index contributed by atoms with van der Waals surface area (Å²) in [5, 5.41) is 0.681. The van der Waals surface area contributed by atoms with Crippen LogP contribution in [0.4, 0.5) is 9.52 Å². The third-order valence-electron chi connectivity index (χ3n) is 4.37. The number of anilines is 1. The molecule has 0 unspecified atom stereocenters. The van der Waals surface area contributed by atoms with Crippen molar-refractivity contribution in [1.82, 2.24) is 9.88 Å². The minimum atomic E-state index is -0.282. The zero-order valence-electron chi connectivity index (χ0n) is 17.8. The molecule has 5 nitrogen and oxygen atoms in total. The van der Waals surface area contributed by atoms with E-state index in [9.17, 15) is 9.18 Å². The lowest BCUT2D eigenvalue weighted by molar-refractivity contribution is -0.116. The molecular weight excluding hydrogens is 457 g/mol. The second kappa shape index (κ2) is 12.2. The third kappa shape index (κ3) is 7.07. The topological polar surface area (TPSA) is 45.7 Å². The molecule has 0 aliphatic rings. The van der Waals surface area contributed by atoms with Crippen LogP contribution in [0, 0.1) is 5.82 Å². The van der Waals surface area contributed by atoms with Gasteiger partial charge in [0.1, 0.15) is 17.1 Å². The van der Waals surface area contributed by atoms with Crippen molar-refractivity contribution in [1.29, 1.82) is 0 Å². The molecule has 0 radical (unpaired) electrons. The van der Waals surface area contributed by atoms with E-state index in [0.29, 0.717) is 18.3 Å². The molecule has 0 atom stereocenters. The van der Waals surface area contributed by atoms with Gasteiger partial charge in [-0.25, -0.2) is 9.37 Å². The zero-order chi connectivity index (χ0) is 21.5. The van der Waals surface area contributed by atoms with Crippen molar-refractivity contribution in [2.75, 3.05) is 44.4 Å². The number of rotatable bonds is 10. The number of nitrogens with zero attached hydrogens (tertiary/aromatic N) is 3. The quantitative estimate of drug-likeness (QED) is 0.364. The highest BCUT2D eigenvalue weighted by Gasteiger charge is 2.21. The van der Waals surface area contributed by atoms with Crippen LogP contribution < -0.4 is 9.64 Å². The SMILES string of the molecule is CCOc1cccc2sc(N(CCCN(C)C)C(=O)CSc3ccc(F)cc3)nc12.Cl. The van der Waals surface area contributed by atoms with E-state index in [1.165, 1.54) is 35.2 Å². The summed E-state index contributed by atoms with van der Waals surface area (Å²) in [5.74, 6) is 0.705. The molecule has 9 heteroatoms. The molecule has 0 saturated heterocycles. The Hall–Kier alpha value is -1.87. The maximum absolute atomic E-state index is 13.1. The molecule has 0 spiro atoms.